The third-order valence-electron chi connectivity index (χ3n) is 3.99. The molecular formula is C19H13ClKN2O2. The topological polar surface area (TPSA) is 65.1 Å². The number of nitrogens with one attached hydrogen (secondary N) is 2. The number of para-hydroxylation sites is 1. The molecule has 119 valence electrons. The second-order valence-corrected chi connectivity index (χ2v) is 5.95. The molecule has 0 saturated heterocycles. The fourth-order valence-corrected chi connectivity index (χ4v) is 2.99. The predicted octanol–water partition coefficient (Wildman–Crippen LogP) is 4.55. The van der Waals surface area contributed by atoms with Gasteiger partial charge in [0.1, 0.15) is 11.3 Å². The van der Waals surface area contributed by atoms with E-state index in [0.717, 1.165) is 16.3 Å². The number of carbonyl (C=O) groups is 1. The van der Waals surface area contributed by atoms with Gasteiger partial charge in [0, 0.05) is 78.4 Å². The molecule has 4 aromatic rings. The van der Waals surface area contributed by atoms with Gasteiger partial charge in [-0.3, -0.25) is 4.79 Å². The summed E-state index contributed by atoms with van der Waals surface area (Å²) in [6.45, 7) is 0. The van der Waals surface area contributed by atoms with E-state index >= 15 is 0 Å². The minimum atomic E-state index is -0.382. The number of aromatic nitrogens is 1. The average Bonchev–Trinajstić information content (AvgIpc) is 2.95. The first-order chi connectivity index (χ1) is 11.6. The molecule has 1 aromatic heterocycles. The Hall–Kier alpha value is -1.34. The number of phenolic OH excluding ortho intramolecular Hbond substituents is 1. The number of fused-ring (bicyclic) bond motifs is 3. The number of anilines is 1. The van der Waals surface area contributed by atoms with Gasteiger partial charge in [0.15, 0.2) is 0 Å². The van der Waals surface area contributed by atoms with Crippen LogP contribution in [0.3, 0.4) is 0 Å². The first-order valence-corrected chi connectivity index (χ1v) is 7.80. The number of amides is 1. The molecule has 4 nitrogen and oxygen atoms in total. The average molecular weight is 376 g/mol. The number of carbonyl (C=O) groups excluding carboxylic acids is 1. The van der Waals surface area contributed by atoms with Crippen molar-refractivity contribution in [1.29, 1.82) is 0 Å². The quantitative estimate of drug-likeness (QED) is 0.450. The standard InChI is InChI=1S/C19H13ClN2O2.K/c20-11-5-7-12(8-6-11)21-19(24)17-16(23)10-9-14-13-3-1-2-4-15(13)22-18(14)17;/h1-10,22-23H,(H,21,24);. The summed E-state index contributed by atoms with van der Waals surface area (Å²) in [5.74, 6) is -0.451. The van der Waals surface area contributed by atoms with Gasteiger partial charge in [0.2, 0.25) is 0 Å². The van der Waals surface area contributed by atoms with E-state index in [2.05, 4.69) is 10.3 Å². The Kier molecular flexibility index (Phi) is 5.53. The molecule has 0 aliphatic rings. The Labute approximate surface area is 191 Å². The van der Waals surface area contributed by atoms with Crippen LogP contribution in [0.15, 0.2) is 60.7 Å². The van der Waals surface area contributed by atoms with Crippen molar-refractivity contribution in [2.45, 2.75) is 0 Å². The molecule has 0 spiro atoms. The number of hydrogen-bond donors (Lipinski definition) is 3. The molecule has 3 aromatic carbocycles. The van der Waals surface area contributed by atoms with Crippen LogP contribution in [0.25, 0.3) is 21.8 Å². The monoisotopic (exact) mass is 375 g/mol. The van der Waals surface area contributed by atoms with Crippen LogP contribution in [0.1, 0.15) is 10.4 Å². The molecule has 0 atom stereocenters. The van der Waals surface area contributed by atoms with Crippen molar-refractivity contribution in [3.8, 4) is 5.75 Å². The van der Waals surface area contributed by atoms with Crippen LogP contribution in [-0.2, 0) is 0 Å². The number of halogens is 1. The van der Waals surface area contributed by atoms with Crippen molar-refractivity contribution < 1.29 is 9.90 Å². The van der Waals surface area contributed by atoms with E-state index in [1.165, 1.54) is 0 Å². The van der Waals surface area contributed by atoms with E-state index in [9.17, 15) is 9.90 Å². The van der Waals surface area contributed by atoms with E-state index in [1.807, 2.05) is 30.3 Å². The van der Waals surface area contributed by atoms with Gasteiger partial charge in [0.05, 0.1) is 5.52 Å². The first kappa shape index (κ1) is 18.4. The summed E-state index contributed by atoms with van der Waals surface area (Å²) in [7, 11) is 0. The van der Waals surface area contributed by atoms with Crippen LogP contribution in [-0.4, -0.2) is 67.4 Å². The fourth-order valence-electron chi connectivity index (χ4n) is 2.86. The van der Waals surface area contributed by atoms with Gasteiger partial charge < -0.3 is 15.4 Å². The van der Waals surface area contributed by atoms with Gasteiger partial charge >= 0.3 is 0 Å². The number of aromatic amines is 1. The summed E-state index contributed by atoms with van der Waals surface area (Å²) < 4.78 is 0. The van der Waals surface area contributed by atoms with E-state index in [-0.39, 0.29) is 68.6 Å². The van der Waals surface area contributed by atoms with Crippen molar-refractivity contribution in [1.82, 2.24) is 4.98 Å². The molecule has 0 bridgehead atoms. The molecular weight excluding hydrogens is 363 g/mol. The van der Waals surface area contributed by atoms with Crippen LogP contribution in [0, 0.1) is 0 Å². The van der Waals surface area contributed by atoms with Crippen molar-refractivity contribution in [2.24, 2.45) is 0 Å². The second kappa shape index (κ2) is 7.49. The normalized spacial score (nSPS) is 10.6. The Morgan fingerprint density at radius 1 is 0.960 bits per heavy atom. The van der Waals surface area contributed by atoms with E-state index in [4.69, 9.17) is 11.6 Å². The smallest absolute Gasteiger partial charge is 0.261 e. The Bertz CT molecular complexity index is 1070. The van der Waals surface area contributed by atoms with Gasteiger partial charge in [-0.1, -0.05) is 29.8 Å². The first-order valence-electron chi connectivity index (χ1n) is 7.43. The molecule has 0 aliphatic heterocycles. The maximum absolute atomic E-state index is 12.7. The predicted molar refractivity (Wildman–Crippen MR) is 103 cm³/mol. The molecule has 3 N–H and O–H groups in total. The number of phenols is 1. The molecule has 4 rings (SSSR count). The maximum atomic E-state index is 12.7. The zero-order valence-corrected chi connectivity index (χ0v) is 17.4. The largest absolute Gasteiger partial charge is 0.507 e. The summed E-state index contributed by atoms with van der Waals surface area (Å²) in [6, 6.07) is 17.9. The Morgan fingerprint density at radius 2 is 1.68 bits per heavy atom. The number of rotatable bonds is 2. The number of hydrogen-bond acceptors (Lipinski definition) is 2. The third-order valence-corrected chi connectivity index (χ3v) is 4.24. The second-order valence-electron chi connectivity index (χ2n) is 5.51. The minimum Gasteiger partial charge on any atom is -0.507 e. The summed E-state index contributed by atoms with van der Waals surface area (Å²) in [4.78, 5) is 15.9. The van der Waals surface area contributed by atoms with Gasteiger partial charge in [-0.05, 0) is 42.5 Å². The summed E-state index contributed by atoms with van der Waals surface area (Å²) >= 11 is 5.86. The molecule has 0 fully saturated rings. The number of benzene rings is 3. The van der Waals surface area contributed by atoms with Gasteiger partial charge in [-0.2, -0.15) is 0 Å². The number of aromatic hydroxyl groups is 1. The van der Waals surface area contributed by atoms with Crippen LogP contribution < -0.4 is 5.32 Å². The Morgan fingerprint density at radius 3 is 2.44 bits per heavy atom. The molecule has 0 unspecified atom stereocenters. The third kappa shape index (κ3) is 3.49. The van der Waals surface area contributed by atoms with Crippen molar-refractivity contribution in [3.05, 3.63) is 71.2 Å². The molecule has 6 heteroatoms. The molecule has 25 heavy (non-hydrogen) atoms. The van der Waals surface area contributed by atoms with E-state index in [1.54, 1.807) is 30.3 Å². The van der Waals surface area contributed by atoms with Gasteiger partial charge in [-0.15, -0.1) is 0 Å². The molecule has 0 saturated carbocycles. The number of H-pyrrole nitrogens is 1. The molecule has 1 heterocycles. The Balaban J connectivity index is 0.00000182. The SMILES string of the molecule is O=C(Nc1ccc(Cl)cc1)c1c(O)ccc2c1[nH]c1ccccc12.[K]. The van der Waals surface area contributed by atoms with Gasteiger partial charge in [-0.25, -0.2) is 0 Å². The van der Waals surface area contributed by atoms with Crippen molar-refractivity contribution in [2.75, 3.05) is 5.32 Å². The van der Waals surface area contributed by atoms with Crippen LogP contribution in [0.4, 0.5) is 5.69 Å². The molecule has 1 radical (unpaired) electrons. The summed E-state index contributed by atoms with van der Waals surface area (Å²) in [5.41, 5.74) is 2.36. The van der Waals surface area contributed by atoms with Crippen LogP contribution in [0.5, 0.6) is 5.75 Å². The van der Waals surface area contributed by atoms with Crippen LogP contribution in [0.2, 0.25) is 5.02 Å². The molecule has 1 amide bonds. The van der Waals surface area contributed by atoms with E-state index < -0.39 is 0 Å². The van der Waals surface area contributed by atoms with Crippen LogP contribution >= 0.6 is 11.6 Å². The van der Waals surface area contributed by atoms with Gasteiger partial charge in [0.25, 0.3) is 5.91 Å². The maximum Gasteiger partial charge on any atom is 0.261 e. The molecule has 0 aliphatic carbocycles. The zero-order valence-electron chi connectivity index (χ0n) is 13.5. The van der Waals surface area contributed by atoms with Crippen molar-refractivity contribution >= 4 is 96.4 Å². The zero-order chi connectivity index (χ0) is 16.7. The minimum absolute atomic E-state index is 0. The van der Waals surface area contributed by atoms with E-state index in [0.29, 0.717) is 16.2 Å². The summed E-state index contributed by atoms with van der Waals surface area (Å²) in [5, 5.41) is 15.5. The fraction of sp³-hybridized carbons (Fsp3) is 0. The summed E-state index contributed by atoms with van der Waals surface area (Å²) in [6.07, 6.45) is 0. The van der Waals surface area contributed by atoms with Crippen molar-refractivity contribution in [3.63, 3.8) is 0 Å².